The van der Waals surface area contributed by atoms with Crippen LogP contribution in [0.3, 0.4) is 0 Å². The standard InChI is InChI=1S/C5H9ClN2O/c6-7-5-3-1-2-4-8(5)9/h9H,1-4H2. The molecule has 9 heavy (non-hydrogen) atoms. The summed E-state index contributed by atoms with van der Waals surface area (Å²) in [5.41, 5.74) is 0. The molecule has 1 heterocycles. The van der Waals surface area contributed by atoms with E-state index in [0.717, 1.165) is 24.3 Å². The molecule has 0 bridgehead atoms. The van der Waals surface area contributed by atoms with Crippen LogP contribution in [0.2, 0.25) is 0 Å². The Morgan fingerprint density at radius 3 is 2.78 bits per heavy atom. The van der Waals surface area contributed by atoms with Crippen molar-refractivity contribution in [3.63, 3.8) is 0 Å². The third-order valence-electron chi connectivity index (χ3n) is 1.42. The number of hydrogen-bond acceptors (Lipinski definition) is 2. The lowest BCUT2D eigenvalue weighted by atomic mass is 10.1. The second-order valence-corrected chi connectivity index (χ2v) is 2.25. The molecule has 1 saturated heterocycles. The van der Waals surface area contributed by atoms with Crippen LogP contribution in [0.5, 0.6) is 0 Å². The minimum Gasteiger partial charge on any atom is -0.287 e. The molecule has 1 fully saturated rings. The molecule has 0 aromatic rings. The SMILES string of the molecule is ON1CCCCC1=NCl. The molecular formula is C5H9ClN2O. The van der Waals surface area contributed by atoms with Crippen LogP contribution in [-0.2, 0) is 0 Å². The number of amidine groups is 1. The van der Waals surface area contributed by atoms with Gasteiger partial charge in [0.1, 0.15) is 5.84 Å². The van der Waals surface area contributed by atoms with E-state index in [2.05, 4.69) is 4.51 Å². The molecule has 0 aromatic carbocycles. The smallest absolute Gasteiger partial charge is 0.143 e. The van der Waals surface area contributed by atoms with E-state index in [0.29, 0.717) is 12.4 Å². The number of nitrogens with zero attached hydrogens (tertiary/aromatic N) is 2. The Labute approximate surface area is 59.0 Å². The lowest BCUT2D eigenvalue weighted by molar-refractivity contribution is -0.0244. The van der Waals surface area contributed by atoms with Crippen molar-refractivity contribution in [2.24, 2.45) is 4.51 Å². The van der Waals surface area contributed by atoms with Crippen molar-refractivity contribution in [1.82, 2.24) is 5.06 Å². The van der Waals surface area contributed by atoms with Gasteiger partial charge >= 0.3 is 0 Å². The fourth-order valence-electron chi connectivity index (χ4n) is 0.889. The van der Waals surface area contributed by atoms with Crippen molar-refractivity contribution in [3.05, 3.63) is 0 Å². The van der Waals surface area contributed by atoms with Gasteiger partial charge in [-0.05, 0) is 12.8 Å². The molecule has 0 spiro atoms. The van der Waals surface area contributed by atoms with Crippen LogP contribution in [-0.4, -0.2) is 22.7 Å². The number of hydroxylamine groups is 2. The minimum atomic E-state index is 0.586. The van der Waals surface area contributed by atoms with E-state index >= 15 is 0 Å². The topological polar surface area (TPSA) is 35.8 Å². The summed E-state index contributed by atoms with van der Waals surface area (Å²) < 4.78 is 3.39. The third kappa shape index (κ3) is 1.56. The first-order chi connectivity index (χ1) is 4.34. The molecule has 1 N–H and O–H groups in total. The highest BCUT2D eigenvalue weighted by Crippen LogP contribution is 2.09. The van der Waals surface area contributed by atoms with Crippen LogP contribution >= 0.6 is 11.8 Å². The summed E-state index contributed by atoms with van der Waals surface area (Å²) >= 11 is 5.16. The maximum absolute atomic E-state index is 8.99. The van der Waals surface area contributed by atoms with Crippen molar-refractivity contribution >= 4 is 17.6 Å². The Hall–Kier alpha value is -0.280. The highest BCUT2D eigenvalue weighted by molar-refractivity contribution is 6.19. The molecule has 1 rings (SSSR count). The average Bonchev–Trinajstić information content (AvgIpc) is 1.89. The average molecular weight is 149 g/mol. The van der Waals surface area contributed by atoms with Crippen molar-refractivity contribution in [2.75, 3.05) is 6.54 Å². The van der Waals surface area contributed by atoms with Crippen LogP contribution in [0, 0.1) is 0 Å². The summed E-state index contributed by atoms with van der Waals surface area (Å²) in [5.74, 6) is 0.586. The molecule has 3 nitrogen and oxygen atoms in total. The Morgan fingerprint density at radius 1 is 1.56 bits per heavy atom. The fraction of sp³-hybridized carbons (Fsp3) is 0.800. The van der Waals surface area contributed by atoms with Gasteiger partial charge in [0.2, 0.25) is 0 Å². The molecule has 1 aliphatic heterocycles. The first kappa shape index (κ1) is 6.83. The zero-order valence-electron chi connectivity index (χ0n) is 5.05. The Balaban J connectivity index is 2.49. The van der Waals surface area contributed by atoms with E-state index in [9.17, 15) is 0 Å². The van der Waals surface area contributed by atoms with Crippen molar-refractivity contribution in [3.8, 4) is 0 Å². The van der Waals surface area contributed by atoms with Gasteiger partial charge in [-0.1, -0.05) is 0 Å². The van der Waals surface area contributed by atoms with Gasteiger partial charge in [0.05, 0.1) is 0 Å². The molecule has 4 heteroatoms. The van der Waals surface area contributed by atoms with Crippen molar-refractivity contribution in [2.45, 2.75) is 19.3 Å². The maximum Gasteiger partial charge on any atom is 0.143 e. The molecule has 52 valence electrons. The van der Waals surface area contributed by atoms with Gasteiger partial charge in [-0.15, -0.1) is 0 Å². The minimum absolute atomic E-state index is 0.586. The van der Waals surface area contributed by atoms with Crippen LogP contribution in [0.1, 0.15) is 19.3 Å². The quantitative estimate of drug-likeness (QED) is 0.564. The van der Waals surface area contributed by atoms with Crippen LogP contribution < -0.4 is 0 Å². The lowest BCUT2D eigenvalue weighted by Crippen LogP contribution is -2.31. The first-order valence-corrected chi connectivity index (χ1v) is 3.32. The summed E-state index contributed by atoms with van der Waals surface area (Å²) in [6, 6.07) is 0. The number of piperidine rings is 1. The summed E-state index contributed by atoms with van der Waals surface area (Å²) in [7, 11) is 0. The van der Waals surface area contributed by atoms with Crippen LogP contribution in [0.4, 0.5) is 0 Å². The van der Waals surface area contributed by atoms with E-state index < -0.39 is 0 Å². The van der Waals surface area contributed by atoms with E-state index in [1.165, 1.54) is 0 Å². The Kier molecular flexibility index (Phi) is 2.30. The maximum atomic E-state index is 8.99. The van der Waals surface area contributed by atoms with Crippen molar-refractivity contribution < 1.29 is 5.21 Å². The predicted octanol–water partition coefficient (Wildman–Crippen LogP) is 1.41. The van der Waals surface area contributed by atoms with Gasteiger partial charge < -0.3 is 0 Å². The van der Waals surface area contributed by atoms with E-state index in [1.807, 2.05) is 0 Å². The van der Waals surface area contributed by atoms with Crippen LogP contribution in [0.15, 0.2) is 4.51 Å². The summed E-state index contributed by atoms with van der Waals surface area (Å²) in [5, 5.41) is 10.1. The fourth-order valence-corrected chi connectivity index (χ4v) is 1.06. The predicted molar refractivity (Wildman–Crippen MR) is 35.6 cm³/mol. The molecule has 0 saturated carbocycles. The molecule has 0 amide bonds. The Morgan fingerprint density at radius 2 is 2.33 bits per heavy atom. The number of halogens is 1. The lowest BCUT2D eigenvalue weighted by Gasteiger charge is -2.22. The molecule has 1 aliphatic rings. The van der Waals surface area contributed by atoms with Gasteiger partial charge in [-0.2, -0.15) is 4.51 Å². The largest absolute Gasteiger partial charge is 0.287 e. The van der Waals surface area contributed by atoms with Crippen LogP contribution in [0.25, 0.3) is 0 Å². The van der Waals surface area contributed by atoms with Gasteiger partial charge in [0, 0.05) is 24.7 Å². The van der Waals surface area contributed by atoms with E-state index in [1.54, 1.807) is 0 Å². The summed E-state index contributed by atoms with van der Waals surface area (Å²) in [6.07, 6.45) is 2.88. The Bertz CT molecular complexity index is 126. The highest BCUT2D eigenvalue weighted by Gasteiger charge is 2.12. The number of hydrogen-bond donors (Lipinski definition) is 1. The number of rotatable bonds is 0. The molecular weight excluding hydrogens is 140 g/mol. The van der Waals surface area contributed by atoms with Crippen molar-refractivity contribution in [1.29, 1.82) is 0 Å². The first-order valence-electron chi connectivity index (χ1n) is 2.99. The second kappa shape index (κ2) is 3.03. The monoisotopic (exact) mass is 148 g/mol. The van der Waals surface area contributed by atoms with Gasteiger partial charge in [-0.25, -0.2) is 5.06 Å². The van der Waals surface area contributed by atoms with E-state index in [-0.39, 0.29) is 0 Å². The molecule has 0 aliphatic carbocycles. The summed E-state index contributed by atoms with van der Waals surface area (Å²) in [6.45, 7) is 0.658. The van der Waals surface area contributed by atoms with E-state index in [4.69, 9.17) is 17.0 Å². The highest BCUT2D eigenvalue weighted by atomic mass is 35.5. The van der Waals surface area contributed by atoms with Gasteiger partial charge in [0.15, 0.2) is 0 Å². The van der Waals surface area contributed by atoms with Gasteiger partial charge in [-0.3, -0.25) is 5.21 Å². The zero-order valence-corrected chi connectivity index (χ0v) is 5.80. The molecule has 0 atom stereocenters. The molecule has 0 radical (unpaired) electrons. The normalized spacial score (nSPS) is 25.1. The third-order valence-corrected chi connectivity index (χ3v) is 1.61. The molecule has 0 aromatic heterocycles. The zero-order chi connectivity index (χ0) is 6.69. The summed E-state index contributed by atoms with van der Waals surface area (Å²) in [4.78, 5) is 0. The second-order valence-electron chi connectivity index (χ2n) is 2.08. The molecule has 0 unspecified atom stereocenters. The van der Waals surface area contributed by atoms with Gasteiger partial charge in [0.25, 0.3) is 0 Å².